The molecular formula is C14H18N4O2S. The lowest BCUT2D eigenvalue weighted by Gasteiger charge is -2.41. The Morgan fingerprint density at radius 3 is 3.19 bits per heavy atom. The third-order valence-electron chi connectivity index (χ3n) is 4.31. The first-order chi connectivity index (χ1) is 10.3. The molecule has 0 spiro atoms. The van der Waals surface area contributed by atoms with E-state index >= 15 is 0 Å². The van der Waals surface area contributed by atoms with Gasteiger partial charge in [-0.05, 0) is 26.3 Å². The molecule has 21 heavy (non-hydrogen) atoms. The number of ether oxygens (including phenoxy) is 1. The van der Waals surface area contributed by atoms with Gasteiger partial charge in [0.15, 0.2) is 0 Å². The topological polar surface area (TPSA) is 64.3 Å². The number of fused-ring (bicyclic) bond motifs is 1. The summed E-state index contributed by atoms with van der Waals surface area (Å²) in [5.41, 5.74) is 2.72. The number of nitrogens with zero attached hydrogens (tertiary/aromatic N) is 4. The fraction of sp³-hybridized carbons (Fsp3) is 0.643. The molecule has 6 nitrogen and oxygen atoms in total. The van der Waals surface area contributed by atoms with Crippen LogP contribution in [-0.2, 0) is 4.74 Å². The van der Waals surface area contributed by atoms with Gasteiger partial charge in [0.05, 0.1) is 17.8 Å². The fourth-order valence-electron chi connectivity index (χ4n) is 3.10. The SMILES string of the molecule is Cc1ncsc1-c1nc([C@@H]2CN3CCCC[C@@H]3CO2)no1. The molecule has 0 radical (unpaired) electrons. The Kier molecular flexibility index (Phi) is 3.48. The molecule has 4 rings (SSSR count). The summed E-state index contributed by atoms with van der Waals surface area (Å²) in [6.45, 7) is 4.74. The molecule has 2 aliphatic heterocycles. The van der Waals surface area contributed by atoms with Crippen molar-refractivity contribution in [3.8, 4) is 10.8 Å². The second kappa shape index (κ2) is 5.47. The number of rotatable bonds is 2. The molecule has 0 aliphatic carbocycles. The van der Waals surface area contributed by atoms with E-state index in [9.17, 15) is 0 Å². The molecule has 0 amide bonds. The molecule has 2 fully saturated rings. The van der Waals surface area contributed by atoms with E-state index in [1.807, 2.05) is 6.92 Å². The van der Waals surface area contributed by atoms with Gasteiger partial charge in [-0.3, -0.25) is 4.90 Å². The van der Waals surface area contributed by atoms with E-state index in [0.29, 0.717) is 17.8 Å². The van der Waals surface area contributed by atoms with Gasteiger partial charge in [0, 0.05) is 12.6 Å². The van der Waals surface area contributed by atoms with Crippen LogP contribution < -0.4 is 0 Å². The molecule has 4 heterocycles. The van der Waals surface area contributed by atoms with Crippen LogP contribution in [0, 0.1) is 6.92 Å². The van der Waals surface area contributed by atoms with Crippen LogP contribution in [0.4, 0.5) is 0 Å². The van der Waals surface area contributed by atoms with Gasteiger partial charge in [-0.25, -0.2) is 4.98 Å². The van der Waals surface area contributed by atoms with Gasteiger partial charge in [0.1, 0.15) is 11.0 Å². The second-order valence-corrected chi connectivity index (χ2v) is 6.55. The van der Waals surface area contributed by atoms with Gasteiger partial charge in [0.2, 0.25) is 5.82 Å². The van der Waals surface area contributed by atoms with Gasteiger partial charge < -0.3 is 9.26 Å². The van der Waals surface area contributed by atoms with Gasteiger partial charge in [-0.2, -0.15) is 4.98 Å². The molecule has 0 N–H and O–H groups in total. The third kappa shape index (κ3) is 2.49. The maximum Gasteiger partial charge on any atom is 0.270 e. The Balaban J connectivity index is 1.52. The van der Waals surface area contributed by atoms with Crippen molar-refractivity contribution in [2.24, 2.45) is 0 Å². The predicted octanol–water partition coefficient (Wildman–Crippen LogP) is 2.43. The molecule has 0 aromatic carbocycles. The molecule has 0 bridgehead atoms. The monoisotopic (exact) mass is 306 g/mol. The van der Waals surface area contributed by atoms with Crippen LogP contribution in [0.25, 0.3) is 10.8 Å². The molecule has 0 saturated carbocycles. The quantitative estimate of drug-likeness (QED) is 0.849. The van der Waals surface area contributed by atoms with Gasteiger partial charge in [-0.1, -0.05) is 11.6 Å². The van der Waals surface area contributed by atoms with Crippen molar-refractivity contribution in [1.29, 1.82) is 0 Å². The Morgan fingerprint density at radius 2 is 2.33 bits per heavy atom. The van der Waals surface area contributed by atoms with Crippen LogP contribution in [0.5, 0.6) is 0 Å². The summed E-state index contributed by atoms with van der Waals surface area (Å²) in [5.74, 6) is 1.20. The summed E-state index contributed by atoms with van der Waals surface area (Å²) in [5, 5.41) is 4.12. The van der Waals surface area contributed by atoms with E-state index in [-0.39, 0.29) is 6.10 Å². The van der Waals surface area contributed by atoms with Gasteiger partial charge in [0.25, 0.3) is 5.89 Å². The molecule has 7 heteroatoms. The number of morpholine rings is 1. The summed E-state index contributed by atoms with van der Waals surface area (Å²) in [7, 11) is 0. The van der Waals surface area contributed by atoms with Crippen LogP contribution in [0.15, 0.2) is 10.0 Å². The van der Waals surface area contributed by atoms with Gasteiger partial charge in [-0.15, -0.1) is 11.3 Å². The third-order valence-corrected chi connectivity index (χ3v) is 5.23. The zero-order valence-electron chi connectivity index (χ0n) is 12.0. The van der Waals surface area contributed by atoms with Crippen LogP contribution >= 0.6 is 11.3 Å². The largest absolute Gasteiger partial charge is 0.367 e. The van der Waals surface area contributed by atoms with Crippen LogP contribution in [0.3, 0.4) is 0 Å². The minimum absolute atomic E-state index is 0.0786. The zero-order valence-corrected chi connectivity index (χ0v) is 12.8. The summed E-state index contributed by atoms with van der Waals surface area (Å²) < 4.78 is 11.3. The highest BCUT2D eigenvalue weighted by Crippen LogP contribution is 2.31. The summed E-state index contributed by atoms with van der Waals surface area (Å²) in [6, 6.07) is 0.574. The summed E-state index contributed by atoms with van der Waals surface area (Å²) in [4.78, 5) is 12.2. The summed E-state index contributed by atoms with van der Waals surface area (Å²) in [6.07, 6.45) is 3.75. The average Bonchev–Trinajstić information content (AvgIpc) is 3.15. The van der Waals surface area contributed by atoms with Crippen molar-refractivity contribution >= 4 is 11.3 Å². The smallest absolute Gasteiger partial charge is 0.270 e. The molecule has 2 saturated heterocycles. The Morgan fingerprint density at radius 1 is 1.38 bits per heavy atom. The van der Waals surface area contributed by atoms with E-state index in [0.717, 1.165) is 30.3 Å². The highest BCUT2D eigenvalue weighted by molar-refractivity contribution is 7.13. The number of hydrogen-bond donors (Lipinski definition) is 0. The average molecular weight is 306 g/mol. The van der Waals surface area contributed by atoms with E-state index < -0.39 is 0 Å². The van der Waals surface area contributed by atoms with Gasteiger partial charge >= 0.3 is 0 Å². The Bertz CT molecular complexity index is 626. The van der Waals surface area contributed by atoms with Crippen LogP contribution in [-0.4, -0.2) is 45.8 Å². The Hall–Kier alpha value is -1.31. The van der Waals surface area contributed by atoms with E-state index in [4.69, 9.17) is 9.26 Å². The van der Waals surface area contributed by atoms with Crippen molar-refractivity contribution in [2.75, 3.05) is 19.7 Å². The van der Waals surface area contributed by atoms with E-state index in [2.05, 4.69) is 20.0 Å². The number of piperidine rings is 1. The number of aryl methyl sites for hydroxylation is 1. The summed E-state index contributed by atoms with van der Waals surface area (Å²) >= 11 is 1.52. The number of hydrogen-bond acceptors (Lipinski definition) is 7. The molecule has 112 valence electrons. The lowest BCUT2D eigenvalue weighted by Crippen LogP contribution is -2.49. The lowest BCUT2D eigenvalue weighted by molar-refractivity contribution is -0.0805. The zero-order chi connectivity index (χ0) is 14.2. The van der Waals surface area contributed by atoms with E-state index in [1.165, 1.54) is 30.6 Å². The van der Waals surface area contributed by atoms with Crippen molar-refractivity contribution in [3.05, 3.63) is 17.0 Å². The van der Waals surface area contributed by atoms with Crippen LogP contribution in [0.1, 0.15) is 36.9 Å². The highest BCUT2D eigenvalue weighted by atomic mass is 32.1. The first kappa shape index (κ1) is 13.4. The maximum atomic E-state index is 5.96. The first-order valence-corrected chi connectivity index (χ1v) is 8.29. The van der Waals surface area contributed by atoms with Crippen molar-refractivity contribution in [3.63, 3.8) is 0 Å². The molecule has 2 aliphatic rings. The molecule has 2 aromatic heterocycles. The fourth-order valence-corrected chi connectivity index (χ4v) is 3.83. The normalized spacial score (nSPS) is 26.7. The molecule has 2 aromatic rings. The predicted molar refractivity (Wildman–Crippen MR) is 78.0 cm³/mol. The molecular weight excluding hydrogens is 288 g/mol. The van der Waals surface area contributed by atoms with Crippen molar-refractivity contribution in [1.82, 2.24) is 20.0 Å². The standard InChI is InChI=1S/C14H18N4O2S/c1-9-12(21-8-15-9)14-16-13(17-20-14)11-6-18-5-3-2-4-10(18)7-19-11/h8,10-11H,2-7H2,1H3/t10-,11+/m1/s1. The Labute approximate surface area is 127 Å². The number of aromatic nitrogens is 3. The number of thiazole rings is 1. The second-order valence-electron chi connectivity index (χ2n) is 5.69. The van der Waals surface area contributed by atoms with Crippen molar-refractivity contribution < 1.29 is 9.26 Å². The highest BCUT2D eigenvalue weighted by Gasteiger charge is 2.33. The maximum absolute atomic E-state index is 5.96. The van der Waals surface area contributed by atoms with Crippen molar-refractivity contribution in [2.45, 2.75) is 38.3 Å². The minimum Gasteiger partial charge on any atom is -0.367 e. The van der Waals surface area contributed by atoms with E-state index in [1.54, 1.807) is 5.51 Å². The minimum atomic E-state index is -0.0786. The molecule has 0 unspecified atom stereocenters. The first-order valence-electron chi connectivity index (χ1n) is 7.41. The molecule has 2 atom stereocenters. The lowest BCUT2D eigenvalue weighted by atomic mass is 10.0. The van der Waals surface area contributed by atoms with Crippen LogP contribution in [0.2, 0.25) is 0 Å².